The summed E-state index contributed by atoms with van der Waals surface area (Å²) >= 11 is 0. The number of hydrogen-bond acceptors (Lipinski definition) is 2. The van der Waals surface area contributed by atoms with E-state index < -0.39 is 0 Å². The summed E-state index contributed by atoms with van der Waals surface area (Å²) in [5.74, 6) is 0. The minimum atomic E-state index is 0.646. The summed E-state index contributed by atoms with van der Waals surface area (Å²) in [5.41, 5.74) is 4.65. The van der Waals surface area contributed by atoms with Crippen molar-refractivity contribution in [3.8, 4) is 11.1 Å². The fourth-order valence-electron chi connectivity index (χ4n) is 3.06. The molecule has 0 aromatic heterocycles. The van der Waals surface area contributed by atoms with E-state index in [0.29, 0.717) is 5.56 Å². The van der Waals surface area contributed by atoms with Crippen LogP contribution in [-0.4, -0.2) is 6.29 Å². The molecule has 4 rings (SSSR count). The molecule has 0 atom stereocenters. The highest BCUT2D eigenvalue weighted by molar-refractivity contribution is 5.97. The molecule has 2 heteroatoms. The van der Waals surface area contributed by atoms with Crippen molar-refractivity contribution in [2.75, 3.05) is 5.32 Å². The fraction of sp³-hybridized carbons (Fsp3) is 0. The van der Waals surface area contributed by atoms with Gasteiger partial charge in [0.2, 0.25) is 0 Å². The monoisotopic (exact) mass is 323 g/mol. The highest BCUT2D eigenvalue weighted by Crippen LogP contribution is 2.30. The van der Waals surface area contributed by atoms with Gasteiger partial charge >= 0.3 is 0 Å². The van der Waals surface area contributed by atoms with Crippen LogP contribution in [-0.2, 0) is 0 Å². The molecule has 0 saturated heterocycles. The van der Waals surface area contributed by atoms with Gasteiger partial charge in [0.1, 0.15) is 0 Å². The van der Waals surface area contributed by atoms with E-state index in [9.17, 15) is 4.79 Å². The Morgan fingerprint density at radius 3 is 2.24 bits per heavy atom. The smallest absolute Gasteiger partial charge is 0.152 e. The number of aldehydes is 1. The topological polar surface area (TPSA) is 29.1 Å². The third kappa shape index (κ3) is 3.02. The van der Waals surface area contributed by atoms with E-state index in [0.717, 1.165) is 34.2 Å². The molecule has 0 unspecified atom stereocenters. The molecule has 4 aromatic rings. The van der Waals surface area contributed by atoms with Crippen molar-refractivity contribution in [1.82, 2.24) is 0 Å². The van der Waals surface area contributed by atoms with Crippen molar-refractivity contribution < 1.29 is 4.79 Å². The summed E-state index contributed by atoms with van der Waals surface area (Å²) in [6.45, 7) is 0. The molecule has 0 aliphatic heterocycles. The maximum Gasteiger partial charge on any atom is 0.152 e. The van der Waals surface area contributed by atoms with Gasteiger partial charge in [0.05, 0.1) is 0 Å². The standard InChI is InChI=1S/C23H17NO/c25-16-20-14-13-19(17-7-2-1-3-8-17)15-23(20)24-22-12-6-10-18-9-4-5-11-21(18)22/h1-16,24H. The highest BCUT2D eigenvalue weighted by atomic mass is 16.1. The number of benzene rings is 4. The number of carbonyl (C=O) groups is 1. The highest BCUT2D eigenvalue weighted by Gasteiger charge is 2.07. The lowest BCUT2D eigenvalue weighted by Crippen LogP contribution is -1.97. The van der Waals surface area contributed by atoms with Gasteiger partial charge in [-0.1, -0.05) is 72.8 Å². The number of nitrogens with one attached hydrogen (secondary N) is 1. The Hall–Kier alpha value is -3.39. The number of anilines is 2. The molecule has 1 N–H and O–H groups in total. The minimum absolute atomic E-state index is 0.646. The Morgan fingerprint density at radius 1 is 0.640 bits per heavy atom. The average molecular weight is 323 g/mol. The van der Waals surface area contributed by atoms with Gasteiger partial charge in [-0.05, 0) is 34.7 Å². The number of carbonyl (C=O) groups excluding carboxylic acids is 1. The number of hydrogen-bond donors (Lipinski definition) is 1. The van der Waals surface area contributed by atoms with Crippen LogP contribution in [0.5, 0.6) is 0 Å². The zero-order chi connectivity index (χ0) is 17.1. The van der Waals surface area contributed by atoms with E-state index in [-0.39, 0.29) is 0 Å². The first-order valence-electron chi connectivity index (χ1n) is 8.24. The molecule has 120 valence electrons. The Kier molecular flexibility index (Phi) is 4.01. The summed E-state index contributed by atoms with van der Waals surface area (Å²) in [6.07, 6.45) is 0.891. The van der Waals surface area contributed by atoms with Crippen molar-refractivity contribution in [2.24, 2.45) is 0 Å². The van der Waals surface area contributed by atoms with E-state index in [1.165, 1.54) is 5.39 Å². The van der Waals surface area contributed by atoms with Crippen molar-refractivity contribution in [2.45, 2.75) is 0 Å². The second-order valence-corrected chi connectivity index (χ2v) is 5.94. The molecule has 0 amide bonds. The van der Waals surface area contributed by atoms with Crippen molar-refractivity contribution >= 4 is 28.4 Å². The van der Waals surface area contributed by atoms with Gasteiger partial charge in [0, 0.05) is 22.3 Å². The molecule has 25 heavy (non-hydrogen) atoms. The summed E-state index contributed by atoms with van der Waals surface area (Å²) < 4.78 is 0. The van der Waals surface area contributed by atoms with Gasteiger partial charge in [-0.15, -0.1) is 0 Å². The molecule has 0 aliphatic rings. The molecular weight excluding hydrogens is 306 g/mol. The molecule has 4 aromatic carbocycles. The Labute approximate surface area is 146 Å². The number of fused-ring (bicyclic) bond motifs is 1. The van der Waals surface area contributed by atoms with E-state index in [2.05, 4.69) is 35.6 Å². The van der Waals surface area contributed by atoms with Crippen LogP contribution in [0.4, 0.5) is 11.4 Å². The molecular formula is C23H17NO. The van der Waals surface area contributed by atoms with Crippen LogP contribution in [0.3, 0.4) is 0 Å². The lowest BCUT2D eigenvalue weighted by atomic mass is 10.0. The van der Waals surface area contributed by atoms with Crippen LogP contribution >= 0.6 is 0 Å². The Balaban J connectivity index is 1.80. The summed E-state index contributed by atoms with van der Waals surface area (Å²) in [5, 5.41) is 5.74. The summed E-state index contributed by atoms with van der Waals surface area (Å²) in [7, 11) is 0. The lowest BCUT2D eigenvalue weighted by Gasteiger charge is -2.13. The summed E-state index contributed by atoms with van der Waals surface area (Å²) in [4.78, 5) is 11.5. The molecule has 0 radical (unpaired) electrons. The number of rotatable bonds is 4. The van der Waals surface area contributed by atoms with Crippen LogP contribution in [0, 0.1) is 0 Å². The van der Waals surface area contributed by atoms with Gasteiger partial charge in [0.15, 0.2) is 6.29 Å². The molecule has 0 saturated carbocycles. The van der Waals surface area contributed by atoms with Crippen LogP contribution in [0.2, 0.25) is 0 Å². The first-order valence-corrected chi connectivity index (χ1v) is 8.24. The average Bonchev–Trinajstić information content (AvgIpc) is 2.69. The predicted molar refractivity (Wildman–Crippen MR) is 104 cm³/mol. The Morgan fingerprint density at radius 2 is 1.40 bits per heavy atom. The quantitative estimate of drug-likeness (QED) is 0.462. The molecule has 0 spiro atoms. The van der Waals surface area contributed by atoms with Crippen LogP contribution < -0.4 is 5.32 Å². The first kappa shape index (κ1) is 15.2. The minimum Gasteiger partial charge on any atom is -0.354 e. The van der Waals surface area contributed by atoms with Crippen LogP contribution in [0.15, 0.2) is 91.0 Å². The van der Waals surface area contributed by atoms with Gasteiger partial charge < -0.3 is 5.32 Å². The zero-order valence-electron chi connectivity index (χ0n) is 13.6. The molecule has 0 fully saturated rings. The Bertz CT molecular complexity index is 1030. The lowest BCUT2D eigenvalue weighted by molar-refractivity contribution is 0.112. The molecule has 0 bridgehead atoms. The van der Waals surface area contributed by atoms with Gasteiger partial charge in [-0.2, -0.15) is 0 Å². The van der Waals surface area contributed by atoms with E-state index in [1.54, 1.807) is 0 Å². The van der Waals surface area contributed by atoms with Crippen molar-refractivity contribution in [3.63, 3.8) is 0 Å². The third-order valence-corrected chi connectivity index (χ3v) is 4.35. The predicted octanol–water partition coefficient (Wildman–Crippen LogP) is 6.06. The van der Waals surface area contributed by atoms with Crippen molar-refractivity contribution in [3.05, 3.63) is 96.6 Å². The van der Waals surface area contributed by atoms with Gasteiger partial charge in [0.25, 0.3) is 0 Å². The van der Waals surface area contributed by atoms with E-state index in [4.69, 9.17) is 0 Å². The fourth-order valence-corrected chi connectivity index (χ4v) is 3.06. The normalized spacial score (nSPS) is 10.6. The maximum absolute atomic E-state index is 11.5. The maximum atomic E-state index is 11.5. The second-order valence-electron chi connectivity index (χ2n) is 5.94. The molecule has 2 nitrogen and oxygen atoms in total. The summed E-state index contributed by atoms with van der Waals surface area (Å²) in [6, 6.07) is 30.4. The van der Waals surface area contributed by atoms with Crippen LogP contribution in [0.1, 0.15) is 10.4 Å². The third-order valence-electron chi connectivity index (χ3n) is 4.35. The van der Waals surface area contributed by atoms with E-state index >= 15 is 0 Å². The largest absolute Gasteiger partial charge is 0.354 e. The SMILES string of the molecule is O=Cc1ccc(-c2ccccc2)cc1Nc1cccc2ccccc12. The second kappa shape index (κ2) is 6.62. The van der Waals surface area contributed by atoms with Gasteiger partial charge in [-0.3, -0.25) is 4.79 Å². The molecule has 0 aliphatic carbocycles. The van der Waals surface area contributed by atoms with Gasteiger partial charge in [-0.25, -0.2) is 0 Å². The zero-order valence-corrected chi connectivity index (χ0v) is 13.6. The van der Waals surface area contributed by atoms with Crippen molar-refractivity contribution in [1.29, 1.82) is 0 Å². The van der Waals surface area contributed by atoms with E-state index in [1.807, 2.05) is 60.7 Å². The van der Waals surface area contributed by atoms with Crippen LogP contribution in [0.25, 0.3) is 21.9 Å². The molecule has 0 heterocycles. The first-order chi connectivity index (χ1) is 12.3.